The van der Waals surface area contributed by atoms with Crippen molar-refractivity contribution in [3.63, 3.8) is 0 Å². The number of halogens is 2. The lowest BCUT2D eigenvalue weighted by Gasteiger charge is -2.20. The molecule has 3 aromatic carbocycles. The molecular formula is C27H23ClFN3O6. The topological polar surface area (TPSA) is 122 Å². The van der Waals surface area contributed by atoms with Crippen molar-refractivity contribution in [1.82, 2.24) is 4.98 Å². The van der Waals surface area contributed by atoms with Crippen molar-refractivity contribution in [1.29, 1.82) is 0 Å². The normalized spacial score (nSPS) is 10.8. The summed E-state index contributed by atoms with van der Waals surface area (Å²) < 4.78 is 37.6. The van der Waals surface area contributed by atoms with E-state index in [0.717, 1.165) is 6.07 Å². The number of nitrogens with two attached hydrogens (primary N) is 1. The van der Waals surface area contributed by atoms with E-state index < -0.39 is 23.9 Å². The molecular weight excluding hydrogens is 517 g/mol. The Morgan fingerprint density at radius 3 is 2.45 bits per heavy atom. The Labute approximate surface area is 222 Å². The van der Waals surface area contributed by atoms with Crippen LogP contribution < -0.4 is 30.0 Å². The molecule has 0 aliphatic rings. The van der Waals surface area contributed by atoms with Gasteiger partial charge in [-0.15, -0.1) is 0 Å². The maximum atomic E-state index is 15.5. The van der Waals surface area contributed by atoms with Gasteiger partial charge in [-0.25, -0.2) is 9.18 Å². The maximum absolute atomic E-state index is 15.5. The molecule has 0 atom stereocenters. The summed E-state index contributed by atoms with van der Waals surface area (Å²) >= 11 is 6.54. The molecule has 0 fully saturated rings. The summed E-state index contributed by atoms with van der Waals surface area (Å²) in [6.07, 6.45) is 0.134. The number of nitrogens with zero attached hydrogens (tertiary/aromatic N) is 1. The van der Waals surface area contributed by atoms with E-state index in [4.69, 9.17) is 36.3 Å². The van der Waals surface area contributed by atoms with Crippen LogP contribution in [0.3, 0.4) is 0 Å². The number of nitrogens with one attached hydrogen (secondary N) is 1. The van der Waals surface area contributed by atoms with Crippen LogP contribution in [0.25, 0.3) is 10.9 Å². The van der Waals surface area contributed by atoms with Crippen molar-refractivity contribution < 1.29 is 32.9 Å². The number of carbonyl (C=O) groups excluding carboxylic acids is 2. The zero-order valence-electron chi connectivity index (χ0n) is 20.6. The van der Waals surface area contributed by atoms with E-state index in [9.17, 15) is 9.59 Å². The number of primary amides is 1. The van der Waals surface area contributed by atoms with Gasteiger partial charge in [-0.1, -0.05) is 29.8 Å². The van der Waals surface area contributed by atoms with E-state index >= 15 is 4.39 Å². The van der Waals surface area contributed by atoms with Crippen LogP contribution in [0.1, 0.15) is 24.2 Å². The van der Waals surface area contributed by atoms with Gasteiger partial charge < -0.3 is 24.7 Å². The molecule has 4 rings (SSSR count). The van der Waals surface area contributed by atoms with Gasteiger partial charge in [0, 0.05) is 23.7 Å². The molecule has 0 spiro atoms. The molecule has 9 nitrogen and oxygen atoms in total. The number of carbonyl (C=O) groups is 2. The van der Waals surface area contributed by atoms with Gasteiger partial charge in [-0.2, -0.15) is 0 Å². The van der Waals surface area contributed by atoms with Crippen LogP contribution in [0.15, 0.2) is 60.8 Å². The highest BCUT2D eigenvalue weighted by atomic mass is 35.5. The van der Waals surface area contributed by atoms with Gasteiger partial charge in [0.25, 0.3) is 5.91 Å². The van der Waals surface area contributed by atoms with Crippen LogP contribution >= 0.6 is 11.6 Å². The molecule has 0 unspecified atom stereocenters. The zero-order valence-corrected chi connectivity index (χ0v) is 21.3. The number of amides is 2. The Morgan fingerprint density at radius 1 is 1.05 bits per heavy atom. The summed E-state index contributed by atoms with van der Waals surface area (Å²) in [4.78, 5) is 28.6. The van der Waals surface area contributed by atoms with Crippen molar-refractivity contribution in [3.8, 4) is 28.7 Å². The summed E-state index contributed by atoms with van der Waals surface area (Å²) in [6, 6.07) is 13.8. The van der Waals surface area contributed by atoms with Gasteiger partial charge in [0.2, 0.25) is 5.75 Å². The zero-order chi connectivity index (χ0) is 27.4. The van der Waals surface area contributed by atoms with Crippen molar-refractivity contribution in [2.45, 2.75) is 20.0 Å². The predicted octanol–water partition coefficient (Wildman–Crippen LogP) is 6.33. The second-order valence-electron chi connectivity index (χ2n) is 8.22. The molecule has 4 aromatic rings. The fourth-order valence-electron chi connectivity index (χ4n) is 3.55. The third kappa shape index (κ3) is 5.70. The van der Waals surface area contributed by atoms with Crippen molar-refractivity contribution in [2.24, 2.45) is 5.73 Å². The van der Waals surface area contributed by atoms with Gasteiger partial charge >= 0.3 is 6.09 Å². The molecule has 0 bridgehead atoms. The lowest BCUT2D eigenvalue weighted by Crippen LogP contribution is -2.18. The summed E-state index contributed by atoms with van der Waals surface area (Å²) in [5.41, 5.74) is 5.90. The van der Waals surface area contributed by atoms with Crippen molar-refractivity contribution in [3.05, 3.63) is 77.2 Å². The van der Waals surface area contributed by atoms with E-state index in [2.05, 4.69) is 10.3 Å². The van der Waals surface area contributed by atoms with Crippen LogP contribution in [0.5, 0.6) is 28.7 Å². The monoisotopic (exact) mass is 539 g/mol. The average molecular weight is 540 g/mol. The van der Waals surface area contributed by atoms with Crippen LogP contribution in [0.4, 0.5) is 14.9 Å². The first kappa shape index (κ1) is 26.5. The summed E-state index contributed by atoms with van der Waals surface area (Å²) in [7, 11) is 1.39. The number of para-hydroxylation sites is 1. The number of hydrogen-bond donors (Lipinski definition) is 2. The summed E-state index contributed by atoms with van der Waals surface area (Å²) in [6.45, 7) is 3.43. The van der Waals surface area contributed by atoms with Crippen molar-refractivity contribution in [2.75, 3.05) is 12.4 Å². The number of pyridine rings is 1. The minimum Gasteiger partial charge on any atom is -0.496 e. The number of aromatic nitrogens is 1. The number of rotatable bonds is 8. The summed E-state index contributed by atoms with van der Waals surface area (Å²) in [5, 5.41) is 2.67. The number of benzene rings is 3. The number of hydrogen-bond acceptors (Lipinski definition) is 7. The Kier molecular flexibility index (Phi) is 7.82. The lowest BCUT2D eigenvalue weighted by atomic mass is 10.1. The lowest BCUT2D eigenvalue weighted by molar-refractivity contribution is 0.0997. The molecule has 0 saturated carbocycles. The van der Waals surface area contributed by atoms with Crippen LogP contribution in [-0.4, -0.2) is 30.2 Å². The van der Waals surface area contributed by atoms with E-state index in [0.29, 0.717) is 10.9 Å². The molecule has 3 N–H and O–H groups in total. The molecule has 11 heteroatoms. The highest BCUT2D eigenvalue weighted by Gasteiger charge is 2.24. The van der Waals surface area contributed by atoms with Gasteiger partial charge in [-0.3, -0.25) is 15.1 Å². The van der Waals surface area contributed by atoms with Crippen LogP contribution in [0, 0.1) is 5.82 Å². The fraction of sp³-hybridized carbons (Fsp3) is 0.148. The molecule has 196 valence electrons. The summed E-state index contributed by atoms with van der Waals surface area (Å²) in [5.74, 6) is -1.43. The number of ether oxygens (including phenoxy) is 4. The number of anilines is 1. The Hall–Kier alpha value is -4.57. The molecule has 2 amide bonds. The molecule has 0 aliphatic heterocycles. The first-order valence-electron chi connectivity index (χ1n) is 11.3. The minimum atomic E-state index is -0.881. The van der Waals surface area contributed by atoms with Crippen LogP contribution in [-0.2, 0) is 0 Å². The first-order valence-corrected chi connectivity index (χ1v) is 11.7. The molecule has 1 heterocycles. The predicted molar refractivity (Wildman–Crippen MR) is 140 cm³/mol. The molecule has 0 radical (unpaired) electrons. The van der Waals surface area contributed by atoms with Gasteiger partial charge in [0.1, 0.15) is 22.3 Å². The van der Waals surface area contributed by atoms with E-state index in [1.807, 2.05) is 0 Å². The quantitative estimate of drug-likeness (QED) is 0.268. The van der Waals surface area contributed by atoms with Gasteiger partial charge in [0.05, 0.1) is 30.0 Å². The Morgan fingerprint density at radius 2 is 1.79 bits per heavy atom. The molecule has 1 aromatic heterocycles. The molecule has 0 aliphatic carbocycles. The minimum absolute atomic E-state index is 0.0893. The van der Waals surface area contributed by atoms with Crippen LogP contribution in [0.2, 0.25) is 5.02 Å². The second-order valence-corrected chi connectivity index (χ2v) is 8.60. The van der Waals surface area contributed by atoms with Crippen molar-refractivity contribution >= 4 is 40.2 Å². The van der Waals surface area contributed by atoms with Gasteiger partial charge in [0.15, 0.2) is 11.6 Å². The maximum Gasteiger partial charge on any atom is 0.417 e. The number of fused-ring (bicyclic) bond motifs is 1. The Bertz CT molecular complexity index is 1510. The number of methoxy groups -OCH3 is 1. The Balaban J connectivity index is 1.74. The van der Waals surface area contributed by atoms with E-state index in [1.54, 1.807) is 44.2 Å². The standard InChI is InChI=1S/C27H23ClFN3O6/c1-14(2)36-25-23(28)20(32-27(34)37-15-7-5-4-6-8-15)12-18(29)24(25)38-21-9-10-31-19-13-22(35-3)17(26(30)33)11-16(19)21/h4-14H,1-3H3,(H2,30,33)(H,32,34). The highest BCUT2D eigenvalue weighted by Crippen LogP contribution is 2.46. The highest BCUT2D eigenvalue weighted by molar-refractivity contribution is 6.35. The average Bonchev–Trinajstić information content (AvgIpc) is 2.88. The molecule has 0 saturated heterocycles. The first-order chi connectivity index (χ1) is 18.2. The third-order valence-electron chi connectivity index (χ3n) is 5.17. The fourth-order valence-corrected chi connectivity index (χ4v) is 3.78. The smallest absolute Gasteiger partial charge is 0.417 e. The largest absolute Gasteiger partial charge is 0.496 e. The van der Waals surface area contributed by atoms with Gasteiger partial charge in [-0.05, 0) is 38.1 Å². The molecule has 38 heavy (non-hydrogen) atoms. The third-order valence-corrected chi connectivity index (χ3v) is 5.55. The second kappa shape index (κ2) is 11.2. The van der Waals surface area contributed by atoms with E-state index in [1.165, 1.54) is 31.5 Å². The SMILES string of the molecule is COc1cc2nccc(Oc3c(F)cc(NC(=O)Oc4ccccc4)c(Cl)c3OC(C)C)c2cc1C(N)=O. The van der Waals surface area contributed by atoms with E-state index in [-0.39, 0.29) is 45.0 Å².